The average Bonchev–Trinajstić information content (AvgIpc) is 2.96. The SMILES string of the molecule is CN(C(=O)[C@H](N)Cc1ccc(-c2ccccc2)cc1)[C@H](Cc1ccccc1)C(=O)N[C@@H](CCCCN)C(N)=O. The number of unbranched alkanes of at least 4 members (excludes halogenated alkanes) is 1. The van der Waals surface area contributed by atoms with Crippen LogP contribution in [0.5, 0.6) is 0 Å². The van der Waals surface area contributed by atoms with Gasteiger partial charge in [-0.05, 0) is 54.5 Å². The highest BCUT2D eigenvalue weighted by atomic mass is 16.2. The Balaban J connectivity index is 1.72. The van der Waals surface area contributed by atoms with E-state index >= 15 is 0 Å². The molecule has 39 heavy (non-hydrogen) atoms. The predicted octanol–water partition coefficient (Wildman–Crippen LogP) is 2.39. The van der Waals surface area contributed by atoms with Gasteiger partial charge in [-0.3, -0.25) is 14.4 Å². The minimum absolute atomic E-state index is 0.266. The van der Waals surface area contributed by atoms with Crippen molar-refractivity contribution in [3.05, 3.63) is 96.1 Å². The molecule has 3 aromatic carbocycles. The Bertz CT molecular complexity index is 1200. The maximum Gasteiger partial charge on any atom is 0.243 e. The van der Waals surface area contributed by atoms with Gasteiger partial charge in [-0.1, -0.05) is 84.9 Å². The summed E-state index contributed by atoms with van der Waals surface area (Å²) in [6.45, 7) is 0.486. The first-order valence-electron chi connectivity index (χ1n) is 13.3. The number of carbonyl (C=O) groups is 3. The van der Waals surface area contributed by atoms with Gasteiger partial charge in [0, 0.05) is 13.5 Å². The molecule has 0 heterocycles. The van der Waals surface area contributed by atoms with Crippen LogP contribution in [0.4, 0.5) is 0 Å². The van der Waals surface area contributed by atoms with Crippen LogP contribution in [0.3, 0.4) is 0 Å². The molecule has 0 spiro atoms. The largest absolute Gasteiger partial charge is 0.368 e. The lowest BCUT2D eigenvalue weighted by Gasteiger charge is -2.31. The van der Waals surface area contributed by atoms with Crippen LogP contribution in [0.15, 0.2) is 84.9 Å². The Hall–Kier alpha value is -4.01. The highest BCUT2D eigenvalue weighted by Gasteiger charge is 2.32. The van der Waals surface area contributed by atoms with Crippen molar-refractivity contribution in [2.45, 2.75) is 50.2 Å². The van der Waals surface area contributed by atoms with Gasteiger partial charge < -0.3 is 27.4 Å². The van der Waals surface area contributed by atoms with Gasteiger partial charge >= 0.3 is 0 Å². The molecule has 3 atom stereocenters. The molecule has 0 saturated heterocycles. The van der Waals surface area contributed by atoms with E-state index in [-0.39, 0.29) is 12.3 Å². The van der Waals surface area contributed by atoms with E-state index in [0.717, 1.165) is 22.3 Å². The third kappa shape index (κ3) is 8.77. The van der Waals surface area contributed by atoms with E-state index in [9.17, 15) is 14.4 Å². The van der Waals surface area contributed by atoms with E-state index < -0.39 is 29.9 Å². The Labute approximate surface area is 230 Å². The van der Waals surface area contributed by atoms with Gasteiger partial charge in [-0.15, -0.1) is 0 Å². The summed E-state index contributed by atoms with van der Waals surface area (Å²) in [6.07, 6.45) is 2.33. The number of likely N-dealkylation sites (N-methyl/N-ethyl adjacent to an activating group) is 1. The van der Waals surface area contributed by atoms with Crippen molar-refractivity contribution in [3.63, 3.8) is 0 Å². The lowest BCUT2D eigenvalue weighted by atomic mass is 9.99. The van der Waals surface area contributed by atoms with Gasteiger partial charge in [0.2, 0.25) is 17.7 Å². The molecule has 0 aliphatic rings. The third-order valence-electron chi connectivity index (χ3n) is 6.83. The second-order valence-electron chi connectivity index (χ2n) is 9.78. The molecule has 0 bridgehead atoms. The van der Waals surface area contributed by atoms with Crippen molar-refractivity contribution in [2.24, 2.45) is 17.2 Å². The maximum absolute atomic E-state index is 13.4. The monoisotopic (exact) mass is 529 g/mol. The van der Waals surface area contributed by atoms with Crippen molar-refractivity contribution in [1.29, 1.82) is 0 Å². The standard InChI is InChI=1S/C31H39N5O3/c1-36(31(39)26(33)20-23-15-17-25(18-16-23)24-12-6-3-7-13-24)28(21-22-10-4-2-5-11-22)30(38)35-27(29(34)37)14-8-9-19-32/h2-7,10-13,15-18,26-28H,8-9,14,19-21,32-33H2,1H3,(H2,34,37)(H,35,38)/t26-,27+,28-/m1/s1. The van der Waals surface area contributed by atoms with Crippen LogP contribution < -0.4 is 22.5 Å². The number of benzene rings is 3. The van der Waals surface area contributed by atoms with Crippen LogP contribution in [0.2, 0.25) is 0 Å². The van der Waals surface area contributed by atoms with Gasteiger partial charge in [-0.2, -0.15) is 0 Å². The van der Waals surface area contributed by atoms with Crippen LogP contribution in [-0.4, -0.2) is 54.3 Å². The molecule has 3 rings (SSSR count). The summed E-state index contributed by atoms with van der Waals surface area (Å²) < 4.78 is 0. The topological polar surface area (TPSA) is 145 Å². The summed E-state index contributed by atoms with van der Waals surface area (Å²) >= 11 is 0. The van der Waals surface area contributed by atoms with E-state index in [4.69, 9.17) is 17.2 Å². The Morgan fingerprint density at radius 1 is 0.795 bits per heavy atom. The van der Waals surface area contributed by atoms with Crippen molar-refractivity contribution in [2.75, 3.05) is 13.6 Å². The van der Waals surface area contributed by atoms with Crippen molar-refractivity contribution in [3.8, 4) is 11.1 Å². The van der Waals surface area contributed by atoms with Crippen LogP contribution in [0.1, 0.15) is 30.4 Å². The lowest BCUT2D eigenvalue weighted by molar-refractivity contribution is -0.140. The van der Waals surface area contributed by atoms with E-state index in [1.165, 1.54) is 4.90 Å². The number of amides is 3. The van der Waals surface area contributed by atoms with Gasteiger partial charge in [0.15, 0.2) is 0 Å². The van der Waals surface area contributed by atoms with Gasteiger partial charge in [-0.25, -0.2) is 0 Å². The van der Waals surface area contributed by atoms with E-state index in [0.29, 0.717) is 32.2 Å². The van der Waals surface area contributed by atoms with Crippen LogP contribution in [0.25, 0.3) is 11.1 Å². The molecule has 7 N–H and O–H groups in total. The Morgan fingerprint density at radius 3 is 1.95 bits per heavy atom. The fraction of sp³-hybridized carbons (Fsp3) is 0.323. The molecule has 0 fully saturated rings. The van der Waals surface area contributed by atoms with Crippen molar-refractivity contribution < 1.29 is 14.4 Å². The average molecular weight is 530 g/mol. The summed E-state index contributed by atoms with van der Waals surface area (Å²) in [6, 6.07) is 24.8. The number of nitrogens with one attached hydrogen (secondary N) is 1. The first kappa shape index (κ1) is 29.5. The normalized spacial score (nSPS) is 13.2. The number of hydrogen-bond donors (Lipinski definition) is 4. The number of primary amides is 1. The third-order valence-corrected chi connectivity index (χ3v) is 6.83. The predicted molar refractivity (Wildman–Crippen MR) is 154 cm³/mol. The molecule has 206 valence electrons. The summed E-state index contributed by atoms with van der Waals surface area (Å²) in [5.41, 5.74) is 21.4. The van der Waals surface area contributed by atoms with Gasteiger partial charge in [0.25, 0.3) is 0 Å². The van der Waals surface area contributed by atoms with Crippen LogP contribution in [0, 0.1) is 0 Å². The highest BCUT2D eigenvalue weighted by Crippen LogP contribution is 2.20. The molecule has 8 nitrogen and oxygen atoms in total. The van der Waals surface area contributed by atoms with Gasteiger partial charge in [0.05, 0.1) is 6.04 Å². The second kappa shape index (κ2) is 14.8. The molecule has 0 radical (unpaired) electrons. The quantitative estimate of drug-likeness (QED) is 0.237. The molecule has 0 saturated carbocycles. The summed E-state index contributed by atoms with van der Waals surface area (Å²) in [5.74, 6) is -1.44. The second-order valence-corrected chi connectivity index (χ2v) is 9.78. The van der Waals surface area contributed by atoms with Crippen molar-refractivity contribution >= 4 is 17.7 Å². The summed E-state index contributed by atoms with van der Waals surface area (Å²) in [4.78, 5) is 40.2. The zero-order chi connectivity index (χ0) is 28.2. The first-order chi connectivity index (χ1) is 18.8. The van der Waals surface area contributed by atoms with Gasteiger partial charge in [0.1, 0.15) is 12.1 Å². The number of rotatable bonds is 14. The first-order valence-corrected chi connectivity index (χ1v) is 13.3. The minimum atomic E-state index is -0.872. The summed E-state index contributed by atoms with van der Waals surface area (Å²) in [7, 11) is 1.57. The number of nitrogens with zero attached hydrogens (tertiary/aromatic N) is 1. The maximum atomic E-state index is 13.4. The van der Waals surface area contributed by atoms with E-state index in [1.807, 2.05) is 84.9 Å². The number of hydrogen-bond acceptors (Lipinski definition) is 5. The summed E-state index contributed by atoms with van der Waals surface area (Å²) in [5, 5.41) is 2.75. The molecular formula is C31H39N5O3. The molecular weight excluding hydrogens is 490 g/mol. The Kier molecular flexibility index (Phi) is 11.2. The van der Waals surface area contributed by atoms with E-state index in [1.54, 1.807) is 7.05 Å². The highest BCUT2D eigenvalue weighted by molar-refractivity contribution is 5.92. The Morgan fingerprint density at radius 2 is 1.36 bits per heavy atom. The van der Waals surface area contributed by atoms with Crippen LogP contribution in [-0.2, 0) is 27.2 Å². The number of carbonyl (C=O) groups excluding carboxylic acids is 3. The molecule has 3 aromatic rings. The zero-order valence-electron chi connectivity index (χ0n) is 22.5. The van der Waals surface area contributed by atoms with Crippen LogP contribution >= 0.6 is 0 Å². The fourth-order valence-corrected chi connectivity index (χ4v) is 4.51. The molecule has 0 aliphatic heterocycles. The molecule has 8 heteroatoms. The zero-order valence-corrected chi connectivity index (χ0v) is 22.5. The number of nitrogens with two attached hydrogens (primary N) is 3. The molecule has 0 unspecified atom stereocenters. The molecule has 0 aromatic heterocycles. The lowest BCUT2D eigenvalue weighted by Crippen LogP contribution is -2.56. The minimum Gasteiger partial charge on any atom is -0.368 e. The van der Waals surface area contributed by atoms with Crippen molar-refractivity contribution in [1.82, 2.24) is 10.2 Å². The molecule has 0 aliphatic carbocycles. The smallest absolute Gasteiger partial charge is 0.243 e. The molecule has 3 amide bonds. The van der Waals surface area contributed by atoms with E-state index in [2.05, 4.69) is 5.32 Å². The fourth-order valence-electron chi connectivity index (χ4n) is 4.51.